The highest BCUT2D eigenvalue weighted by Gasteiger charge is 2.06. The average molecular weight is 226 g/mol. The number of aliphatic hydroxyl groups excluding tert-OH is 1. The largest absolute Gasteiger partial charge is 0.435 e. The van der Waals surface area contributed by atoms with Crippen LogP contribution in [0.3, 0.4) is 0 Å². The van der Waals surface area contributed by atoms with E-state index >= 15 is 0 Å². The number of alkyl halides is 2. The molecule has 1 aromatic carbocycles. The highest BCUT2D eigenvalue weighted by molar-refractivity contribution is 5.43. The van der Waals surface area contributed by atoms with Gasteiger partial charge in [0.15, 0.2) is 0 Å². The van der Waals surface area contributed by atoms with E-state index in [0.717, 1.165) is 0 Å². The summed E-state index contributed by atoms with van der Waals surface area (Å²) >= 11 is 0. The summed E-state index contributed by atoms with van der Waals surface area (Å²) in [6, 6.07) is 4.74. The molecule has 0 radical (unpaired) electrons. The van der Waals surface area contributed by atoms with Gasteiger partial charge in [-0.1, -0.05) is 11.8 Å². The Morgan fingerprint density at radius 1 is 1.44 bits per heavy atom. The van der Waals surface area contributed by atoms with Gasteiger partial charge < -0.3 is 9.84 Å². The van der Waals surface area contributed by atoms with Crippen LogP contribution in [0, 0.1) is 18.8 Å². The molecule has 0 saturated heterocycles. The summed E-state index contributed by atoms with van der Waals surface area (Å²) in [7, 11) is 0. The predicted octanol–water partition coefficient (Wildman–Crippen LogP) is 2.33. The first-order valence-corrected chi connectivity index (χ1v) is 4.78. The molecule has 4 heteroatoms. The molecule has 1 rings (SSSR count). The number of hydrogen-bond acceptors (Lipinski definition) is 2. The first kappa shape index (κ1) is 12.5. The van der Waals surface area contributed by atoms with E-state index in [0.29, 0.717) is 17.5 Å². The zero-order valence-electron chi connectivity index (χ0n) is 8.84. The molecule has 2 nitrogen and oxygen atoms in total. The lowest BCUT2D eigenvalue weighted by Crippen LogP contribution is -2.03. The fraction of sp³-hybridized carbons (Fsp3) is 0.333. The summed E-state index contributed by atoms with van der Waals surface area (Å²) < 4.78 is 28.2. The summed E-state index contributed by atoms with van der Waals surface area (Å²) in [5.41, 5.74) is 1.32. The van der Waals surface area contributed by atoms with Gasteiger partial charge in [-0.3, -0.25) is 0 Å². The third-order valence-corrected chi connectivity index (χ3v) is 1.86. The normalized spacial score (nSPS) is 9.81. The quantitative estimate of drug-likeness (QED) is 0.801. The summed E-state index contributed by atoms with van der Waals surface area (Å²) in [6.07, 6.45) is 0.397. The van der Waals surface area contributed by atoms with Gasteiger partial charge in [-0.15, -0.1) is 0 Å². The lowest BCUT2D eigenvalue weighted by Gasteiger charge is -2.07. The molecule has 0 fully saturated rings. The zero-order chi connectivity index (χ0) is 12.0. The summed E-state index contributed by atoms with van der Waals surface area (Å²) in [4.78, 5) is 0. The Labute approximate surface area is 92.9 Å². The fourth-order valence-corrected chi connectivity index (χ4v) is 1.18. The second-order valence-electron chi connectivity index (χ2n) is 3.13. The summed E-state index contributed by atoms with van der Waals surface area (Å²) in [5.74, 6) is 5.72. The number of aryl methyl sites for hydroxylation is 1. The molecular formula is C12H12F2O2. The molecule has 0 atom stereocenters. The smallest absolute Gasteiger partial charge is 0.387 e. The maximum atomic E-state index is 12.0. The molecule has 0 bridgehead atoms. The third-order valence-electron chi connectivity index (χ3n) is 1.86. The minimum absolute atomic E-state index is 0.0125. The standard InChI is InChI=1S/C12H12F2O2/c1-9-8-10(4-2-3-7-15)5-6-11(9)16-12(13)14/h5-6,8,12,15H,3,7H2,1H3. The van der Waals surface area contributed by atoms with E-state index in [4.69, 9.17) is 5.11 Å². The molecule has 1 aromatic rings. The van der Waals surface area contributed by atoms with E-state index in [1.165, 1.54) is 6.07 Å². The highest BCUT2D eigenvalue weighted by atomic mass is 19.3. The molecule has 0 aliphatic heterocycles. The van der Waals surface area contributed by atoms with Gasteiger partial charge in [-0.25, -0.2) is 0 Å². The van der Waals surface area contributed by atoms with E-state index in [9.17, 15) is 8.78 Å². The maximum absolute atomic E-state index is 12.0. The van der Waals surface area contributed by atoms with Crippen LogP contribution in [-0.4, -0.2) is 18.3 Å². The first-order valence-electron chi connectivity index (χ1n) is 4.78. The predicted molar refractivity (Wildman–Crippen MR) is 56.4 cm³/mol. The molecule has 86 valence electrons. The number of aliphatic hydroxyl groups is 1. The van der Waals surface area contributed by atoms with Crippen molar-refractivity contribution in [1.82, 2.24) is 0 Å². The van der Waals surface area contributed by atoms with Crippen LogP contribution in [0.1, 0.15) is 17.5 Å². The van der Waals surface area contributed by atoms with Crippen molar-refractivity contribution in [2.75, 3.05) is 6.61 Å². The van der Waals surface area contributed by atoms with E-state index in [1.807, 2.05) is 0 Å². The lowest BCUT2D eigenvalue weighted by molar-refractivity contribution is -0.0502. The Balaban J connectivity index is 2.79. The van der Waals surface area contributed by atoms with Crippen LogP contribution in [0.2, 0.25) is 0 Å². The van der Waals surface area contributed by atoms with Crippen molar-refractivity contribution in [1.29, 1.82) is 0 Å². The van der Waals surface area contributed by atoms with Gasteiger partial charge in [0.2, 0.25) is 0 Å². The Kier molecular flexibility index (Phi) is 4.74. The molecule has 0 heterocycles. The van der Waals surface area contributed by atoms with Crippen molar-refractivity contribution in [2.45, 2.75) is 20.0 Å². The van der Waals surface area contributed by atoms with Gasteiger partial charge in [0, 0.05) is 12.0 Å². The van der Waals surface area contributed by atoms with Crippen molar-refractivity contribution in [3.63, 3.8) is 0 Å². The Hall–Kier alpha value is -1.60. The van der Waals surface area contributed by atoms with Crippen LogP contribution in [-0.2, 0) is 0 Å². The molecule has 0 aliphatic rings. The van der Waals surface area contributed by atoms with Crippen molar-refractivity contribution in [2.24, 2.45) is 0 Å². The molecule has 1 N–H and O–H groups in total. The van der Waals surface area contributed by atoms with Crippen molar-refractivity contribution < 1.29 is 18.6 Å². The average Bonchev–Trinajstić information content (AvgIpc) is 2.22. The third kappa shape index (κ3) is 3.87. The molecule has 0 spiro atoms. The van der Waals surface area contributed by atoms with E-state index in [-0.39, 0.29) is 12.4 Å². The Morgan fingerprint density at radius 2 is 2.19 bits per heavy atom. The topological polar surface area (TPSA) is 29.5 Å². The number of rotatable bonds is 3. The first-order chi connectivity index (χ1) is 7.63. The molecule has 0 aliphatic carbocycles. The van der Waals surface area contributed by atoms with Crippen molar-refractivity contribution in [3.8, 4) is 17.6 Å². The van der Waals surface area contributed by atoms with Gasteiger partial charge in [0.1, 0.15) is 5.75 Å². The summed E-state index contributed by atoms with van der Waals surface area (Å²) in [5, 5.41) is 8.54. The molecule has 0 aromatic heterocycles. The Bertz CT molecular complexity index is 405. The molecule has 0 unspecified atom stereocenters. The van der Waals surface area contributed by atoms with E-state index in [1.54, 1.807) is 19.1 Å². The second kappa shape index (κ2) is 6.09. The van der Waals surface area contributed by atoms with Crippen LogP contribution >= 0.6 is 0 Å². The van der Waals surface area contributed by atoms with Crippen LogP contribution in [0.25, 0.3) is 0 Å². The van der Waals surface area contributed by atoms with E-state index < -0.39 is 6.61 Å². The van der Waals surface area contributed by atoms with Gasteiger partial charge in [0.05, 0.1) is 6.61 Å². The maximum Gasteiger partial charge on any atom is 0.387 e. The Morgan fingerprint density at radius 3 is 2.75 bits per heavy atom. The number of ether oxygens (including phenoxy) is 1. The molecule has 0 amide bonds. The lowest BCUT2D eigenvalue weighted by atomic mass is 10.1. The second-order valence-corrected chi connectivity index (χ2v) is 3.13. The van der Waals surface area contributed by atoms with Crippen LogP contribution in [0.4, 0.5) is 8.78 Å². The van der Waals surface area contributed by atoms with E-state index in [2.05, 4.69) is 16.6 Å². The van der Waals surface area contributed by atoms with Gasteiger partial charge in [0.25, 0.3) is 0 Å². The van der Waals surface area contributed by atoms with Crippen LogP contribution in [0.5, 0.6) is 5.75 Å². The molecule has 0 saturated carbocycles. The number of hydrogen-bond donors (Lipinski definition) is 1. The monoisotopic (exact) mass is 226 g/mol. The van der Waals surface area contributed by atoms with Crippen molar-refractivity contribution in [3.05, 3.63) is 29.3 Å². The minimum atomic E-state index is -2.81. The SMILES string of the molecule is Cc1cc(C#CCCO)ccc1OC(F)F. The van der Waals surface area contributed by atoms with Crippen LogP contribution in [0.15, 0.2) is 18.2 Å². The number of halogens is 2. The van der Waals surface area contributed by atoms with Crippen molar-refractivity contribution >= 4 is 0 Å². The zero-order valence-corrected chi connectivity index (χ0v) is 8.84. The highest BCUT2D eigenvalue weighted by Crippen LogP contribution is 2.20. The fourth-order valence-electron chi connectivity index (χ4n) is 1.18. The minimum Gasteiger partial charge on any atom is -0.435 e. The van der Waals surface area contributed by atoms with Gasteiger partial charge in [-0.05, 0) is 30.7 Å². The molecule has 16 heavy (non-hydrogen) atoms. The van der Waals surface area contributed by atoms with Crippen LogP contribution < -0.4 is 4.74 Å². The van der Waals surface area contributed by atoms with Gasteiger partial charge >= 0.3 is 6.61 Å². The molecular weight excluding hydrogens is 214 g/mol. The van der Waals surface area contributed by atoms with Gasteiger partial charge in [-0.2, -0.15) is 8.78 Å². The number of benzene rings is 1. The summed E-state index contributed by atoms with van der Waals surface area (Å²) in [6.45, 7) is -1.13.